The van der Waals surface area contributed by atoms with Gasteiger partial charge in [0.2, 0.25) is 0 Å². The van der Waals surface area contributed by atoms with E-state index in [4.69, 9.17) is 17.0 Å². The molecule has 2 aromatic rings. The molecule has 1 aromatic heterocycles. The van der Waals surface area contributed by atoms with Gasteiger partial charge < -0.3 is 15.4 Å². The summed E-state index contributed by atoms with van der Waals surface area (Å²) in [5.74, 6) is 0.142. The number of methoxy groups -OCH3 is 1. The van der Waals surface area contributed by atoms with Gasteiger partial charge in [0.25, 0.3) is 0 Å². The highest BCUT2D eigenvalue weighted by Crippen LogP contribution is 2.24. The number of ether oxygens (including phenoxy) is 1. The molecule has 2 N–H and O–H groups in total. The van der Waals surface area contributed by atoms with Crippen molar-refractivity contribution in [1.82, 2.24) is 15.6 Å². The van der Waals surface area contributed by atoms with Gasteiger partial charge in [0.15, 0.2) is 0 Å². The Morgan fingerprint density at radius 1 is 1.42 bits per heavy atom. The lowest BCUT2D eigenvalue weighted by atomic mass is 9.95. The maximum atomic E-state index is 5.80. The molecule has 140 valence electrons. The highest BCUT2D eigenvalue weighted by molar-refractivity contribution is 7.80. The molecule has 0 unspecified atom stereocenters. The SMILES string of the molecule is CO[C@@H]([C@@H]1CCCN1)[C@@H](C)C(=S)N[C@@H](Cc1ccccc1)c1nccs1. The largest absolute Gasteiger partial charge is 0.379 e. The number of thiocarbonyl (C=S) groups is 1. The molecule has 1 aliphatic heterocycles. The Morgan fingerprint density at radius 3 is 2.85 bits per heavy atom. The standard InChI is InChI=1S/C20H27N3OS2/c1-14(18(24-2)16-9-6-10-21-16)19(25)23-17(20-22-11-12-26-20)13-15-7-4-3-5-8-15/h3-5,7-8,11-12,14,16-18,21H,6,9-10,13H2,1-2H3,(H,23,25)/t14-,16+,17+,18-/m1/s1. The van der Waals surface area contributed by atoms with Gasteiger partial charge in [0.05, 0.1) is 17.1 Å². The molecule has 4 nitrogen and oxygen atoms in total. The number of aromatic nitrogens is 1. The lowest BCUT2D eigenvalue weighted by Crippen LogP contribution is -2.46. The molecule has 2 heterocycles. The molecule has 1 saturated heterocycles. The molecule has 0 saturated carbocycles. The van der Waals surface area contributed by atoms with E-state index in [0.29, 0.717) is 6.04 Å². The van der Waals surface area contributed by atoms with Gasteiger partial charge in [-0.2, -0.15) is 0 Å². The minimum atomic E-state index is 0.0846. The van der Waals surface area contributed by atoms with Gasteiger partial charge in [-0.1, -0.05) is 49.5 Å². The van der Waals surface area contributed by atoms with Crippen LogP contribution in [-0.4, -0.2) is 35.8 Å². The number of hydrogen-bond acceptors (Lipinski definition) is 5. The highest BCUT2D eigenvalue weighted by Gasteiger charge is 2.32. The summed E-state index contributed by atoms with van der Waals surface area (Å²) in [6.45, 7) is 3.22. The Hall–Kier alpha value is -1.34. The van der Waals surface area contributed by atoms with Gasteiger partial charge in [0, 0.05) is 30.6 Å². The number of benzene rings is 1. The van der Waals surface area contributed by atoms with Crippen molar-refractivity contribution >= 4 is 28.5 Å². The fourth-order valence-corrected chi connectivity index (χ4v) is 4.58. The molecule has 0 spiro atoms. The second-order valence-corrected chi connectivity index (χ2v) is 8.18. The molecular weight excluding hydrogens is 362 g/mol. The van der Waals surface area contributed by atoms with Gasteiger partial charge >= 0.3 is 0 Å². The molecule has 3 rings (SSSR count). The van der Waals surface area contributed by atoms with E-state index < -0.39 is 0 Å². The van der Waals surface area contributed by atoms with Crippen LogP contribution in [0.2, 0.25) is 0 Å². The van der Waals surface area contributed by atoms with E-state index >= 15 is 0 Å². The second kappa shape index (κ2) is 9.55. The summed E-state index contributed by atoms with van der Waals surface area (Å²) < 4.78 is 5.80. The molecular formula is C20H27N3OS2. The summed E-state index contributed by atoms with van der Waals surface area (Å²) in [5.41, 5.74) is 1.27. The molecule has 6 heteroatoms. The minimum absolute atomic E-state index is 0.0846. The van der Waals surface area contributed by atoms with Crippen molar-refractivity contribution in [2.24, 2.45) is 5.92 Å². The summed E-state index contributed by atoms with van der Waals surface area (Å²) in [7, 11) is 1.78. The highest BCUT2D eigenvalue weighted by atomic mass is 32.1. The normalized spacial score (nSPS) is 20.5. The zero-order valence-electron chi connectivity index (χ0n) is 15.4. The van der Waals surface area contributed by atoms with Gasteiger partial charge in [-0.15, -0.1) is 11.3 Å². The van der Waals surface area contributed by atoms with Crippen molar-refractivity contribution in [3.05, 3.63) is 52.5 Å². The predicted molar refractivity (Wildman–Crippen MR) is 112 cm³/mol. The Labute approximate surface area is 165 Å². The van der Waals surface area contributed by atoms with Crippen molar-refractivity contribution in [1.29, 1.82) is 0 Å². The molecule has 0 radical (unpaired) electrons. The molecule has 0 bridgehead atoms. The first kappa shape index (κ1) is 19.4. The first-order valence-corrected chi connectivity index (χ1v) is 10.5. The third kappa shape index (κ3) is 4.88. The fourth-order valence-electron chi connectivity index (χ4n) is 3.62. The van der Waals surface area contributed by atoms with E-state index in [-0.39, 0.29) is 18.1 Å². The van der Waals surface area contributed by atoms with Gasteiger partial charge in [-0.25, -0.2) is 4.98 Å². The van der Waals surface area contributed by atoms with Crippen molar-refractivity contribution < 1.29 is 4.74 Å². The lowest BCUT2D eigenvalue weighted by molar-refractivity contribution is 0.0524. The van der Waals surface area contributed by atoms with Crippen LogP contribution in [-0.2, 0) is 11.2 Å². The molecule has 26 heavy (non-hydrogen) atoms. The second-order valence-electron chi connectivity index (χ2n) is 6.81. The molecule has 1 aliphatic rings. The van der Waals surface area contributed by atoms with Crippen LogP contribution in [0.15, 0.2) is 41.9 Å². The maximum Gasteiger partial charge on any atom is 0.115 e. The summed E-state index contributed by atoms with van der Waals surface area (Å²) in [6, 6.07) is 10.9. The summed E-state index contributed by atoms with van der Waals surface area (Å²) in [4.78, 5) is 5.37. The van der Waals surface area contributed by atoms with Crippen LogP contribution in [0.4, 0.5) is 0 Å². The van der Waals surface area contributed by atoms with E-state index in [1.54, 1.807) is 18.4 Å². The van der Waals surface area contributed by atoms with Crippen LogP contribution >= 0.6 is 23.6 Å². The lowest BCUT2D eigenvalue weighted by Gasteiger charge is -2.30. The molecule has 1 fully saturated rings. The van der Waals surface area contributed by atoms with Crippen LogP contribution in [0.5, 0.6) is 0 Å². The zero-order valence-corrected chi connectivity index (χ0v) is 17.0. The van der Waals surface area contributed by atoms with Gasteiger partial charge in [0.1, 0.15) is 5.01 Å². The third-order valence-corrected chi connectivity index (χ3v) is 6.40. The van der Waals surface area contributed by atoms with Gasteiger partial charge in [-0.3, -0.25) is 0 Å². The maximum absolute atomic E-state index is 5.80. The zero-order chi connectivity index (χ0) is 18.4. The minimum Gasteiger partial charge on any atom is -0.379 e. The number of hydrogen-bond donors (Lipinski definition) is 2. The van der Waals surface area contributed by atoms with Crippen molar-refractivity contribution in [2.45, 2.75) is 44.4 Å². The number of nitrogens with zero attached hydrogens (tertiary/aromatic N) is 1. The average molecular weight is 390 g/mol. The van der Waals surface area contributed by atoms with Crippen LogP contribution in [0.25, 0.3) is 0 Å². The molecule has 0 aliphatic carbocycles. The van der Waals surface area contributed by atoms with E-state index in [2.05, 4.69) is 46.8 Å². The Balaban J connectivity index is 1.70. The summed E-state index contributed by atoms with van der Waals surface area (Å²) in [6.07, 6.45) is 5.15. The smallest absolute Gasteiger partial charge is 0.115 e. The summed E-state index contributed by atoms with van der Waals surface area (Å²) in [5, 5.41) is 10.2. The van der Waals surface area contributed by atoms with E-state index in [0.717, 1.165) is 29.4 Å². The van der Waals surface area contributed by atoms with Crippen LogP contribution < -0.4 is 10.6 Å². The van der Waals surface area contributed by atoms with Crippen LogP contribution in [0, 0.1) is 5.92 Å². The first-order chi connectivity index (χ1) is 12.7. The topological polar surface area (TPSA) is 46.2 Å². The monoisotopic (exact) mass is 389 g/mol. The number of thiazole rings is 1. The quantitative estimate of drug-likeness (QED) is 0.674. The predicted octanol–water partition coefficient (Wildman–Crippen LogP) is 3.75. The Bertz CT molecular complexity index is 672. The molecule has 0 amide bonds. The molecule has 4 atom stereocenters. The van der Waals surface area contributed by atoms with Crippen LogP contribution in [0.1, 0.15) is 36.4 Å². The summed E-state index contributed by atoms with van der Waals surface area (Å²) >= 11 is 7.45. The first-order valence-electron chi connectivity index (χ1n) is 9.19. The molecule has 1 aromatic carbocycles. The number of rotatable bonds is 8. The Morgan fingerprint density at radius 2 is 2.23 bits per heavy atom. The van der Waals surface area contributed by atoms with Crippen molar-refractivity contribution in [3.8, 4) is 0 Å². The Kier molecular flexibility index (Phi) is 7.14. The average Bonchev–Trinajstić information content (AvgIpc) is 3.37. The van der Waals surface area contributed by atoms with E-state index in [1.807, 2.05) is 17.6 Å². The van der Waals surface area contributed by atoms with Crippen LogP contribution in [0.3, 0.4) is 0 Å². The van der Waals surface area contributed by atoms with Crippen molar-refractivity contribution in [3.63, 3.8) is 0 Å². The fraction of sp³-hybridized carbons (Fsp3) is 0.500. The van der Waals surface area contributed by atoms with Gasteiger partial charge in [-0.05, 0) is 31.4 Å². The van der Waals surface area contributed by atoms with E-state index in [9.17, 15) is 0 Å². The third-order valence-electron chi connectivity index (χ3n) is 5.02. The van der Waals surface area contributed by atoms with Crippen molar-refractivity contribution in [2.75, 3.05) is 13.7 Å². The van der Waals surface area contributed by atoms with E-state index in [1.165, 1.54) is 12.0 Å². The number of nitrogens with one attached hydrogen (secondary N) is 2.